The van der Waals surface area contributed by atoms with E-state index in [1.165, 1.54) is 12.2 Å². The summed E-state index contributed by atoms with van der Waals surface area (Å²) in [5.74, 6) is 1.29. The number of rotatable bonds is 2. The zero-order chi connectivity index (χ0) is 10.0. The number of nitrogens with zero attached hydrogens (tertiary/aromatic N) is 2. The summed E-state index contributed by atoms with van der Waals surface area (Å²) in [4.78, 5) is 4.08. The molecule has 0 saturated carbocycles. The monoisotopic (exact) mass is 228 g/mol. The molecule has 0 N–H and O–H groups in total. The van der Waals surface area contributed by atoms with Crippen molar-refractivity contribution in [3.63, 3.8) is 0 Å². The van der Waals surface area contributed by atoms with Crippen molar-refractivity contribution in [3.8, 4) is 0 Å². The SMILES string of the molecule is CC1CCSC(C)(Cn2ccnc2)S1. The minimum Gasteiger partial charge on any atom is -0.335 e. The Morgan fingerprint density at radius 2 is 2.50 bits per heavy atom. The van der Waals surface area contributed by atoms with Crippen LogP contribution in [-0.4, -0.2) is 24.6 Å². The van der Waals surface area contributed by atoms with Gasteiger partial charge in [-0.2, -0.15) is 0 Å². The van der Waals surface area contributed by atoms with Crippen LogP contribution < -0.4 is 0 Å². The molecular weight excluding hydrogens is 212 g/mol. The van der Waals surface area contributed by atoms with Crippen molar-refractivity contribution in [1.82, 2.24) is 9.55 Å². The van der Waals surface area contributed by atoms with Crippen molar-refractivity contribution >= 4 is 23.5 Å². The highest BCUT2D eigenvalue weighted by Crippen LogP contribution is 2.46. The van der Waals surface area contributed by atoms with Gasteiger partial charge in [0.25, 0.3) is 0 Å². The minimum absolute atomic E-state index is 0.332. The van der Waals surface area contributed by atoms with E-state index in [1.807, 2.05) is 18.7 Å². The summed E-state index contributed by atoms with van der Waals surface area (Å²) < 4.78 is 2.51. The molecule has 0 amide bonds. The topological polar surface area (TPSA) is 17.8 Å². The van der Waals surface area contributed by atoms with Gasteiger partial charge < -0.3 is 4.57 Å². The maximum absolute atomic E-state index is 4.08. The van der Waals surface area contributed by atoms with Crippen molar-refractivity contribution in [1.29, 1.82) is 0 Å². The second-order valence-electron chi connectivity index (χ2n) is 3.93. The Kier molecular flexibility index (Phi) is 3.12. The predicted octanol–water partition coefficient (Wildman–Crippen LogP) is 2.86. The van der Waals surface area contributed by atoms with Gasteiger partial charge in [0, 0.05) is 24.2 Å². The van der Waals surface area contributed by atoms with Crippen LogP contribution in [0.25, 0.3) is 0 Å². The lowest BCUT2D eigenvalue weighted by atomic mass is 10.4. The van der Waals surface area contributed by atoms with E-state index < -0.39 is 0 Å². The summed E-state index contributed by atoms with van der Waals surface area (Å²) in [6.45, 7) is 5.74. The van der Waals surface area contributed by atoms with Gasteiger partial charge in [0.2, 0.25) is 0 Å². The van der Waals surface area contributed by atoms with E-state index >= 15 is 0 Å². The van der Waals surface area contributed by atoms with E-state index in [4.69, 9.17) is 0 Å². The average molecular weight is 228 g/mol. The zero-order valence-electron chi connectivity index (χ0n) is 8.64. The Labute approximate surface area is 93.9 Å². The molecule has 1 saturated heterocycles. The molecule has 1 aromatic rings. The molecule has 2 nitrogen and oxygen atoms in total. The molecule has 1 aromatic heterocycles. The molecule has 0 aromatic carbocycles. The van der Waals surface area contributed by atoms with E-state index in [1.54, 1.807) is 0 Å². The van der Waals surface area contributed by atoms with Gasteiger partial charge >= 0.3 is 0 Å². The first-order valence-corrected chi connectivity index (χ1v) is 6.82. The van der Waals surface area contributed by atoms with E-state index in [0.29, 0.717) is 4.08 Å². The third kappa shape index (κ3) is 2.48. The first-order chi connectivity index (χ1) is 6.68. The van der Waals surface area contributed by atoms with Gasteiger partial charge in [-0.25, -0.2) is 4.98 Å². The van der Waals surface area contributed by atoms with Gasteiger partial charge in [-0.05, 0) is 19.1 Å². The summed E-state index contributed by atoms with van der Waals surface area (Å²) in [5, 5.41) is 0.796. The molecule has 2 rings (SSSR count). The van der Waals surface area contributed by atoms with E-state index in [9.17, 15) is 0 Å². The molecule has 1 aliphatic rings. The first kappa shape index (κ1) is 10.4. The van der Waals surface area contributed by atoms with Crippen LogP contribution in [0.3, 0.4) is 0 Å². The summed E-state index contributed by atoms with van der Waals surface area (Å²) in [5.41, 5.74) is 0. The van der Waals surface area contributed by atoms with Crippen molar-refractivity contribution < 1.29 is 0 Å². The van der Waals surface area contributed by atoms with Gasteiger partial charge in [-0.15, -0.1) is 23.5 Å². The second-order valence-corrected chi connectivity index (χ2v) is 7.73. The highest BCUT2D eigenvalue weighted by molar-refractivity contribution is 8.19. The van der Waals surface area contributed by atoms with E-state index in [2.05, 4.69) is 46.9 Å². The van der Waals surface area contributed by atoms with Gasteiger partial charge in [0.15, 0.2) is 0 Å². The van der Waals surface area contributed by atoms with Crippen molar-refractivity contribution in [2.75, 3.05) is 5.75 Å². The Morgan fingerprint density at radius 3 is 3.14 bits per heavy atom. The molecule has 2 heterocycles. The lowest BCUT2D eigenvalue weighted by Crippen LogP contribution is -2.29. The summed E-state index contributed by atoms with van der Waals surface area (Å²) >= 11 is 4.18. The fourth-order valence-corrected chi connectivity index (χ4v) is 5.37. The quantitative estimate of drug-likeness (QED) is 0.775. The molecule has 2 atom stereocenters. The molecule has 14 heavy (non-hydrogen) atoms. The molecule has 78 valence electrons. The van der Waals surface area contributed by atoms with Crippen LogP contribution in [0.15, 0.2) is 18.7 Å². The number of aromatic nitrogens is 2. The van der Waals surface area contributed by atoms with Gasteiger partial charge in [-0.3, -0.25) is 0 Å². The Balaban J connectivity index is 2.01. The third-order valence-corrected chi connectivity index (χ3v) is 5.50. The molecule has 1 fully saturated rings. The number of thioether (sulfide) groups is 2. The van der Waals surface area contributed by atoms with Crippen LogP contribution >= 0.6 is 23.5 Å². The Morgan fingerprint density at radius 1 is 1.64 bits per heavy atom. The normalized spacial score (nSPS) is 33.1. The molecule has 0 bridgehead atoms. The van der Waals surface area contributed by atoms with Gasteiger partial charge in [0.1, 0.15) is 0 Å². The van der Waals surface area contributed by atoms with Crippen LogP contribution in [0.4, 0.5) is 0 Å². The maximum atomic E-state index is 4.08. The van der Waals surface area contributed by atoms with Crippen molar-refractivity contribution in [3.05, 3.63) is 18.7 Å². The smallest absolute Gasteiger partial charge is 0.0946 e. The van der Waals surface area contributed by atoms with Crippen molar-refractivity contribution in [2.24, 2.45) is 0 Å². The maximum Gasteiger partial charge on any atom is 0.0946 e. The van der Waals surface area contributed by atoms with Crippen LogP contribution in [0.1, 0.15) is 20.3 Å². The molecule has 0 radical (unpaired) electrons. The summed E-state index contributed by atoms with van der Waals surface area (Å²) in [6.07, 6.45) is 7.15. The third-order valence-electron chi connectivity index (χ3n) is 2.41. The van der Waals surface area contributed by atoms with E-state index in [-0.39, 0.29) is 0 Å². The van der Waals surface area contributed by atoms with E-state index in [0.717, 1.165) is 11.8 Å². The lowest BCUT2D eigenvalue weighted by Gasteiger charge is -2.35. The summed E-state index contributed by atoms with van der Waals surface area (Å²) in [6, 6.07) is 0. The van der Waals surface area contributed by atoms with Crippen LogP contribution in [0.5, 0.6) is 0 Å². The van der Waals surface area contributed by atoms with Crippen LogP contribution in [0, 0.1) is 0 Å². The molecule has 0 aliphatic carbocycles. The lowest BCUT2D eigenvalue weighted by molar-refractivity contribution is 0.650. The second kappa shape index (κ2) is 4.19. The molecular formula is C10H16N2S2. The first-order valence-electron chi connectivity index (χ1n) is 4.95. The Hall–Kier alpha value is -0.0900. The average Bonchev–Trinajstić information content (AvgIpc) is 2.55. The number of hydrogen-bond acceptors (Lipinski definition) is 3. The van der Waals surface area contributed by atoms with Gasteiger partial charge in [-0.1, -0.05) is 6.92 Å². The summed E-state index contributed by atoms with van der Waals surface area (Å²) in [7, 11) is 0. The standard InChI is InChI=1S/C10H16N2S2/c1-9-3-6-13-10(2,14-9)7-12-5-4-11-8-12/h4-5,8-9H,3,6-7H2,1-2H3. The highest BCUT2D eigenvalue weighted by atomic mass is 32.2. The highest BCUT2D eigenvalue weighted by Gasteiger charge is 2.31. The largest absolute Gasteiger partial charge is 0.335 e. The zero-order valence-corrected chi connectivity index (χ0v) is 10.3. The van der Waals surface area contributed by atoms with Crippen LogP contribution in [-0.2, 0) is 6.54 Å². The fraction of sp³-hybridized carbons (Fsp3) is 0.700. The Bertz CT molecular complexity index is 286. The minimum atomic E-state index is 0.332. The van der Waals surface area contributed by atoms with Gasteiger partial charge in [0.05, 0.1) is 10.4 Å². The molecule has 1 aliphatic heterocycles. The number of hydrogen-bond donors (Lipinski definition) is 0. The molecule has 2 unspecified atom stereocenters. The molecule has 0 spiro atoms. The van der Waals surface area contributed by atoms with Crippen LogP contribution in [0.2, 0.25) is 0 Å². The van der Waals surface area contributed by atoms with Crippen molar-refractivity contribution in [2.45, 2.75) is 36.1 Å². The molecule has 4 heteroatoms. The number of imidazole rings is 1. The predicted molar refractivity (Wildman–Crippen MR) is 64.8 cm³/mol. The fourth-order valence-electron chi connectivity index (χ4n) is 1.75.